The molecule has 0 fully saturated rings. The molecule has 26 heavy (non-hydrogen) atoms. The molecular weight excluding hydrogens is 381 g/mol. The van der Waals surface area contributed by atoms with E-state index in [-0.39, 0.29) is 27.2 Å². The van der Waals surface area contributed by atoms with Crippen molar-refractivity contribution in [2.45, 2.75) is 6.92 Å². The molecule has 2 aromatic carbocycles. The minimum atomic E-state index is -0.980. The van der Waals surface area contributed by atoms with Crippen LogP contribution in [0, 0.1) is 0 Å². The zero-order chi connectivity index (χ0) is 19.3. The van der Waals surface area contributed by atoms with Crippen LogP contribution in [0.15, 0.2) is 41.5 Å². The molecular formula is C17H15Cl2N3O4. The molecule has 0 saturated heterocycles. The minimum Gasteiger partial charge on any atom is -0.504 e. The summed E-state index contributed by atoms with van der Waals surface area (Å²) in [6.07, 6.45) is 0. The summed E-state index contributed by atoms with van der Waals surface area (Å²) in [6.45, 7) is 1.62. The van der Waals surface area contributed by atoms with Crippen molar-refractivity contribution in [3.05, 3.63) is 52.0 Å². The first-order valence-corrected chi connectivity index (χ1v) is 8.06. The molecule has 2 rings (SSSR count). The first-order valence-electron chi connectivity index (χ1n) is 7.30. The molecule has 2 amide bonds. The zero-order valence-electron chi connectivity index (χ0n) is 13.8. The number of nitrogens with one attached hydrogen (secondary N) is 2. The van der Waals surface area contributed by atoms with Crippen molar-refractivity contribution in [1.82, 2.24) is 5.43 Å². The number of halogens is 2. The molecule has 9 heteroatoms. The van der Waals surface area contributed by atoms with Gasteiger partial charge in [-0.3, -0.25) is 9.59 Å². The van der Waals surface area contributed by atoms with Crippen LogP contribution in [0.25, 0.3) is 0 Å². The van der Waals surface area contributed by atoms with E-state index in [1.807, 2.05) is 0 Å². The maximum atomic E-state index is 11.9. The van der Waals surface area contributed by atoms with Crippen LogP contribution in [0.4, 0.5) is 5.69 Å². The number of carbonyl (C=O) groups excluding carboxylic acids is 2. The van der Waals surface area contributed by atoms with Crippen LogP contribution < -0.4 is 15.5 Å². The molecule has 0 saturated carbocycles. The molecule has 0 aromatic heterocycles. The number of nitrogens with zero attached hydrogens (tertiary/aromatic N) is 1. The summed E-state index contributed by atoms with van der Waals surface area (Å²) in [4.78, 5) is 23.8. The highest BCUT2D eigenvalue weighted by Gasteiger charge is 2.16. The van der Waals surface area contributed by atoms with Crippen molar-refractivity contribution < 1.29 is 19.4 Å². The molecule has 0 aliphatic heterocycles. The number of hydrogen-bond acceptors (Lipinski definition) is 5. The summed E-state index contributed by atoms with van der Waals surface area (Å²) < 4.78 is 5.01. The molecule has 3 N–H and O–H groups in total. The van der Waals surface area contributed by atoms with Crippen molar-refractivity contribution in [3.63, 3.8) is 0 Å². The zero-order valence-corrected chi connectivity index (χ0v) is 15.4. The monoisotopic (exact) mass is 395 g/mol. The second-order valence-corrected chi connectivity index (χ2v) is 5.87. The Balaban J connectivity index is 2.05. The number of phenolic OH excluding ortho intramolecular Hbond substituents is 1. The summed E-state index contributed by atoms with van der Waals surface area (Å²) in [5.41, 5.74) is 3.36. The van der Waals surface area contributed by atoms with Gasteiger partial charge in [0.15, 0.2) is 11.5 Å². The quantitative estimate of drug-likeness (QED) is 0.420. The van der Waals surface area contributed by atoms with Gasteiger partial charge in [0.25, 0.3) is 0 Å². The first kappa shape index (κ1) is 19.6. The van der Waals surface area contributed by atoms with Crippen LogP contribution in [-0.2, 0) is 9.59 Å². The Labute approximate surface area is 159 Å². The van der Waals surface area contributed by atoms with Crippen molar-refractivity contribution >= 4 is 46.4 Å². The van der Waals surface area contributed by atoms with Gasteiger partial charge in [-0.25, -0.2) is 5.43 Å². The fraction of sp³-hybridized carbons (Fsp3) is 0.118. The normalized spacial score (nSPS) is 11.0. The number of anilines is 1. The SMILES string of the molecule is COc1cc(/C(C)=N/NC(=O)C(=O)Nc2cccc(Cl)c2Cl)ccc1O. The van der Waals surface area contributed by atoms with E-state index in [9.17, 15) is 14.7 Å². The van der Waals surface area contributed by atoms with Gasteiger partial charge in [0.1, 0.15) is 0 Å². The number of hydrazone groups is 1. The number of aromatic hydroxyl groups is 1. The van der Waals surface area contributed by atoms with E-state index >= 15 is 0 Å². The standard InChI is InChI=1S/C17H15Cl2N3O4/c1-9(10-6-7-13(23)14(8-10)26-2)21-22-17(25)16(24)20-12-5-3-4-11(18)15(12)19/h3-8,23H,1-2H3,(H,20,24)(H,22,25)/b21-9+. The molecule has 7 nitrogen and oxygen atoms in total. The minimum absolute atomic E-state index is 0.0223. The average Bonchev–Trinajstić information content (AvgIpc) is 2.63. The highest BCUT2D eigenvalue weighted by atomic mass is 35.5. The van der Waals surface area contributed by atoms with Crippen LogP contribution in [0.5, 0.6) is 11.5 Å². The maximum Gasteiger partial charge on any atom is 0.329 e. The van der Waals surface area contributed by atoms with Crippen molar-refractivity contribution in [2.24, 2.45) is 5.10 Å². The van der Waals surface area contributed by atoms with Crippen LogP contribution in [-0.4, -0.2) is 29.7 Å². The predicted octanol–water partition coefficient (Wildman–Crippen LogP) is 3.19. The molecule has 0 bridgehead atoms. The van der Waals surface area contributed by atoms with E-state index in [1.165, 1.54) is 19.2 Å². The van der Waals surface area contributed by atoms with E-state index in [1.54, 1.807) is 31.2 Å². The Morgan fingerprint density at radius 2 is 1.88 bits per heavy atom. The molecule has 0 unspecified atom stereocenters. The number of phenols is 1. The van der Waals surface area contributed by atoms with Gasteiger partial charge in [0.05, 0.1) is 28.6 Å². The Bertz CT molecular complexity index is 884. The van der Waals surface area contributed by atoms with E-state index in [0.717, 1.165) is 0 Å². The average molecular weight is 396 g/mol. The van der Waals surface area contributed by atoms with Crippen LogP contribution in [0.2, 0.25) is 10.0 Å². The van der Waals surface area contributed by atoms with Gasteiger partial charge in [-0.1, -0.05) is 29.3 Å². The number of rotatable bonds is 4. The topological polar surface area (TPSA) is 100 Å². The van der Waals surface area contributed by atoms with Crippen LogP contribution >= 0.6 is 23.2 Å². The lowest BCUT2D eigenvalue weighted by molar-refractivity contribution is -0.136. The van der Waals surface area contributed by atoms with E-state index in [2.05, 4.69) is 15.8 Å². The highest BCUT2D eigenvalue weighted by molar-refractivity contribution is 6.45. The molecule has 0 aliphatic rings. The summed E-state index contributed by atoms with van der Waals surface area (Å²) in [7, 11) is 1.42. The van der Waals surface area contributed by atoms with Gasteiger partial charge in [-0.05, 0) is 37.3 Å². The van der Waals surface area contributed by atoms with Gasteiger partial charge in [-0.2, -0.15) is 5.10 Å². The Morgan fingerprint density at radius 3 is 2.58 bits per heavy atom. The Hall–Kier alpha value is -2.77. The Morgan fingerprint density at radius 1 is 1.15 bits per heavy atom. The predicted molar refractivity (Wildman–Crippen MR) is 100 cm³/mol. The lowest BCUT2D eigenvalue weighted by Crippen LogP contribution is -2.33. The third kappa shape index (κ3) is 4.65. The number of benzene rings is 2. The van der Waals surface area contributed by atoms with Crippen molar-refractivity contribution in [2.75, 3.05) is 12.4 Å². The number of carbonyl (C=O) groups is 2. The third-order valence-corrected chi connectivity index (χ3v) is 4.15. The smallest absolute Gasteiger partial charge is 0.329 e. The lowest BCUT2D eigenvalue weighted by Gasteiger charge is -2.08. The molecule has 0 heterocycles. The largest absolute Gasteiger partial charge is 0.504 e. The summed E-state index contributed by atoms with van der Waals surface area (Å²) in [5, 5.41) is 16.2. The summed E-state index contributed by atoms with van der Waals surface area (Å²) >= 11 is 11.8. The molecule has 0 radical (unpaired) electrons. The van der Waals surface area contributed by atoms with E-state index in [0.29, 0.717) is 11.3 Å². The van der Waals surface area contributed by atoms with E-state index < -0.39 is 11.8 Å². The molecule has 136 valence electrons. The number of methoxy groups -OCH3 is 1. The van der Waals surface area contributed by atoms with Gasteiger partial charge < -0.3 is 15.2 Å². The summed E-state index contributed by atoms with van der Waals surface area (Å²) in [5.74, 6) is -1.69. The van der Waals surface area contributed by atoms with Gasteiger partial charge in [0, 0.05) is 5.56 Å². The fourth-order valence-electron chi connectivity index (χ4n) is 1.93. The highest BCUT2D eigenvalue weighted by Crippen LogP contribution is 2.29. The number of amides is 2. The van der Waals surface area contributed by atoms with Crippen LogP contribution in [0.1, 0.15) is 12.5 Å². The van der Waals surface area contributed by atoms with Crippen molar-refractivity contribution in [1.29, 1.82) is 0 Å². The van der Waals surface area contributed by atoms with Gasteiger partial charge in [-0.15, -0.1) is 0 Å². The Kier molecular flexibility index (Phi) is 6.43. The molecule has 0 atom stereocenters. The van der Waals surface area contributed by atoms with Crippen LogP contribution in [0.3, 0.4) is 0 Å². The molecule has 0 aliphatic carbocycles. The maximum absolute atomic E-state index is 11.9. The van der Waals surface area contributed by atoms with E-state index in [4.69, 9.17) is 27.9 Å². The summed E-state index contributed by atoms with van der Waals surface area (Å²) in [6, 6.07) is 9.22. The van der Waals surface area contributed by atoms with Gasteiger partial charge in [0.2, 0.25) is 0 Å². The fourth-order valence-corrected chi connectivity index (χ4v) is 2.28. The van der Waals surface area contributed by atoms with Crippen molar-refractivity contribution in [3.8, 4) is 11.5 Å². The molecule has 0 spiro atoms. The van der Waals surface area contributed by atoms with Gasteiger partial charge >= 0.3 is 11.8 Å². The number of ether oxygens (including phenoxy) is 1. The molecule has 2 aromatic rings. The third-order valence-electron chi connectivity index (χ3n) is 3.33. The lowest BCUT2D eigenvalue weighted by atomic mass is 10.1. The first-order chi connectivity index (χ1) is 12.3. The number of hydrogen-bond donors (Lipinski definition) is 3. The second kappa shape index (κ2) is 8.55. The second-order valence-electron chi connectivity index (χ2n) is 5.08.